The van der Waals surface area contributed by atoms with Crippen LogP contribution in [0.3, 0.4) is 0 Å². The van der Waals surface area contributed by atoms with Gasteiger partial charge in [-0.25, -0.2) is 4.98 Å². The molecule has 1 rings (SSSR count). The van der Waals surface area contributed by atoms with Crippen LogP contribution in [0.4, 0.5) is 0 Å². The summed E-state index contributed by atoms with van der Waals surface area (Å²) in [7, 11) is 0. The number of ether oxygens (including phenoxy) is 1. The molecule has 0 saturated heterocycles. The number of rotatable bonds is 5. The van der Waals surface area contributed by atoms with Crippen molar-refractivity contribution >= 4 is 28.6 Å². The van der Waals surface area contributed by atoms with Crippen molar-refractivity contribution in [3.8, 4) is 0 Å². The van der Waals surface area contributed by atoms with Crippen LogP contribution in [0.25, 0.3) is 0 Å². The molecule has 4 nitrogen and oxygen atoms in total. The third-order valence-electron chi connectivity index (χ3n) is 1.90. The number of thiol groups is 1. The van der Waals surface area contributed by atoms with Crippen LogP contribution in [-0.4, -0.2) is 28.5 Å². The average molecular weight is 293 g/mol. The van der Waals surface area contributed by atoms with Gasteiger partial charge in [0.2, 0.25) is 0 Å². The van der Waals surface area contributed by atoms with Gasteiger partial charge in [0.1, 0.15) is 10.3 Å². The van der Waals surface area contributed by atoms with Crippen LogP contribution in [0.2, 0.25) is 0 Å². The largest absolute Gasteiger partial charge is 0.379 e. The smallest absolute Gasteiger partial charge is 0.267 e. The third-order valence-corrected chi connectivity index (χ3v) is 2.63. The Morgan fingerprint density at radius 3 is 3.00 bits per heavy atom. The third kappa shape index (κ3) is 3.62. The van der Waals surface area contributed by atoms with Gasteiger partial charge in [-0.2, -0.15) is 12.6 Å². The predicted octanol–water partition coefficient (Wildman–Crippen LogP) is 1.26. The van der Waals surface area contributed by atoms with Gasteiger partial charge in [0.05, 0.1) is 19.8 Å². The van der Waals surface area contributed by atoms with E-state index in [0.717, 1.165) is 0 Å². The number of hydrogen-bond donors (Lipinski definition) is 1. The summed E-state index contributed by atoms with van der Waals surface area (Å²) in [5.41, 5.74) is -0.0722. The van der Waals surface area contributed by atoms with Gasteiger partial charge in [-0.3, -0.25) is 9.36 Å². The zero-order chi connectivity index (χ0) is 11.3. The molecule has 1 heterocycles. The Labute approximate surface area is 102 Å². The quantitative estimate of drug-likeness (QED) is 0.656. The number of aryl methyl sites for hydroxylation is 1. The highest BCUT2D eigenvalue weighted by molar-refractivity contribution is 9.10. The monoisotopic (exact) mass is 292 g/mol. The van der Waals surface area contributed by atoms with E-state index in [1.54, 1.807) is 11.5 Å². The van der Waals surface area contributed by atoms with Gasteiger partial charge >= 0.3 is 0 Å². The standard InChI is InChI=1S/C9H13BrN2O2S/c1-7-11-6-8(10)9(13)12(7)2-3-14-4-5-15/h6,15H,2-5H2,1H3. The van der Waals surface area contributed by atoms with E-state index in [9.17, 15) is 4.79 Å². The van der Waals surface area contributed by atoms with E-state index in [1.165, 1.54) is 6.20 Å². The Kier molecular flexibility index (Phi) is 5.35. The molecular formula is C9H13BrN2O2S. The highest BCUT2D eigenvalue weighted by atomic mass is 79.9. The van der Waals surface area contributed by atoms with Gasteiger partial charge in [-0.1, -0.05) is 0 Å². The van der Waals surface area contributed by atoms with Crippen molar-refractivity contribution in [2.45, 2.75) is 13.5 Å². The van der Waals surface area contributed by atoms with Crippen LogP contribution in [0.15, 0.2) is 15.5 Å². The van der Waals surface area contributed by atoms with Crippen molar-refractivity contribution in [3.63, 3.8) is 0 Å². The minimum atomic E-state index is -0.0722. The van der Waals surface area contributed by atoms with Crippen molar-refractivity contribution in [1.82, 2.24) is 9.55 Å². The molecular weight excluding hydrogens is 280 g/mol. The second-order valence-corrected chi connectivity index (χ2v) is 4.25. The summed E-state index contributed by atoms with van der Waals surface area (Å²) in [6.45, 7) is 3.41. The first-order chi connectivity index (χ1) is 7.16. The van der Waals surface area contributed by atoms with E-state index in [4.69, 9.17) is 4.74 Å². The molecule has 1 aromatic rings. The van der Waals surface area contributed by atoms with Crippen molar-refractivity contribution in [3.05, 3.63) is 26.8 Å². The Morgan fingerprint density at radius 1 is 1.60 bits per heavy atom. The van der Waals surface area contributed by atoms with Crippen LogP contribution < -0.4 is 5.56 Å². The van der Waals surface area contributed by atoms with Gasteiger partial charge in [-0.15, -0.1) is 0 Å². The highest BCUT2D eigenvalue weighted by Crippen LogP contribution is 2.01. The molecule has 0 N–H and O–H groups in total. The number of hydrogen-bond acceptors (Lipinski definition) is 4. The van der Waals surface area contributed by atoms with E-state index >= 15 is 0 Å². The van der Waals surface area contributed by atoms with Crippen molar-refractivity contribution in [2.24, 2.45) is 0 Å². The van der Waals surface area contributed by atoms with Crippen molar-refractivity contribution < 1.29 is 4.74 Å². The molecule has 0 aliphatic rings. The van der Waals surface area contributed by atoms with E-state index in [1.807, 2.05) is 0 Å². The molecule has 0 bridgehead atoms. The lowest BCUT2D eigenvalue weighted by molar-refractivity contribution is 0.140. The van der Waals surface area contributed by atoms with Crippen LogP contribution >= 0.6 is 28.6 Å². The molecule has 0 amide bonds. The Bertz CT molecular complexity index is 381. The molecule has 0 aliphatic heterocycles. The molecule has 0 aliphatic carbocycles. The summed E-state index contributed by atoms with van der Waals surface area (Å²) in [6, 6.07) is 0. The fraction of sp³-hybridized carbons (Fsp3) is 0.556. The molecule has 1 aromatic heterocycles. The van der Waals surface area contributed by atoms with E-state index in [0.29, 0.717) is 35.8 Å². The fourth-order valence-corrected chi connectivity index (χ4v) is 1.58. The fourth-order valence-electron chi connectivity index (χ4n) is 1.14. The Hall–Kier alpha value is -0.330. The lowest BCUT2D eigenvalue weighted by Crippen LogP contribution is -2.26. The summed E-state index contributed by atoms with van der Waals surface area (Å²) in [5.74, 6) is 1.38. The summed E-state index contributed by atoms with van der Waals surface area (Å²) < 4.78 is 7.32. The summed E-state index contributed by atoms with van der Waals surface area (Å²) in [5, 5.41) is 0. The maximum Gasteiger partial charge on any atom is 0.267 e. The van der Waals surface area contributed by atoms with Gasteiger partial charge < -0.3 is 4.74 Å². The summed E-state index contributed by atoms with van der Waals surface area (Å²) in [4.78, 5) is 15.7. The number of nitrogens with zero attached hydrogens (tertiary/aromatic N) is 2. The van der Waals surface area contributed by atoms with Gasteiger partial charge in [-0.05, 0) is 22.9 Å². The normalized spacial score (nSPS) is 10.6. The molecule has 15 heavy (non-hydrogen) atoms. The maximum absolute atomic E-state index is 11.7. The zero-order valence-electron chi connectivity index (χ0n) is 8.44. The van der Waals surface area contributed by atoms with Crippen LogP contribution in [-0.2, 0) is 11.3 Å². The topological polar surface area (TPSA) is 44.1 Å². The van der Waals surface area contributed by atoms with Gasteiger partial charge in [0.25, 0.3) is 5.56 Å². The van der Waals surface area contributed by atoms with Crippen LogP contribution in [0, 0.1) is 6.92 Å². The second-order valence-electron chi connectivity index (χ2n) is 2.95. The van der Waals surface area contributed by atoms with E-state index in [2.05, 4.69) is 33.5 Å². The van der Waals surface area contributed by atoms with Gasteiger partial charge in [0.15, 0.2) is 0 Å². The predicted molar refractivity (Wildman–Crippen MR) is 65.6 cm³/mol. The number of aromatic nitrogens is 2. The minimum absolute atomic E-state index is 0.0722. The van der Waals surface area contributed by atoms with Crippen molar-refractivity contribution in [1.29, 1.82) is 0 Å². The first-order valence-corrected chi connectivity index (χ1v) is 6.00. The molecule has 0 spiro atoms. The molecule has 6 heteroatoms. The molecule has 0 aromatic carbocycles. The lowest BCUT2D eigenvalue weighted by Gasteiger charge is -2.09. The first-order valence-electron chi connectivity index (χ1n) is 4.57. The van der Waals surface area contributed by atoms with Gasteiger partial charge in [0, 0.05) is 11.9 Å². The Morgan fingerprint density at radius 2 is 2.33 bits per heavy atom. The molecule has 0 unspecified atom stereocenters. The maximum atomic E-state index is 11.7. The molecule has 0 fully saturated rings. The zero-order valence-corrected chi connectivity index (χ0v) is 10.9. The molecule has 84 valence electrons. The first kappa shape index (κ1) is 12.7. The molecule has 0 saturated carbocycles. The van der Waals surface area contributed by atoms with Crippen molar-refractivity contribution in [2.75, 3.05) is 19.0 Å². The SMILES string of the molecule is Cc1ncc(Br)c(=O)n1CCOCCS. The Balaban J connectivity index is 2.68. The van der Waals surface area contributed by atoms with E-state index in [-0.39, 0.29) is 5.56 Å². The average Bonchev–Trinajstić information content (AvgIpc) is 2.23. The summed E-state index contributed by atoms with van der Waals surface area (Å²) in [6.07, 6.45) is 1.52. The molecule has 0 atom stereocenters. The highest BCUT2D eigenvalue weighted by Gasteiger charge is 2.04. The summed E-state index contributed by atoms with van der Waals surface area (Å²) >= 11 is 7.18. The lowest BCUT2D eigenvalue weighted by atomic mass is 10.5. The van der Waals surface area contributed by atoms with E-state index < -0.39 is 0 Å². The van der Waals surface area contributed by atoms with Crippen LogP contribution in [0.1, 0.15) is 5.82 Å². The number of halogens is 1. The second kappa shape index (κ2) is 6.30. The van der Waals surface area contributed by atoms with Crippen LogP contribution in [0.5, 0.6) is 0 Å². The molecule has 0 radical (unpaired) electrons. The minimum Gasteiger partial charge on any atom is -0.379 e.